The Morgan fingerprint density at radius 2 is 2.00 bits per heavy atom. The molecule has 0 aliphatic heterocycles. The average molecular weight is 498 g/mol. The number of aromatic nitrogens is 3. The number of benzene rings is 1. The molecule has 0 saturated carbocycles. The zero-order chi connectivity index (χ0) is 23.2. The predicted octanol–water partition coefficient (Wildman–Crippen LogP) is 6.11. The van der Waals surface area contributed by atoms with Crippen molar-refractivity contribution in [2.45, 2.75) is 50.2 Å². The van der Waals surface area contributed by atoms with E-state index in [0.717, 1.165) is 36.8 Å². The van der Waals surface area contributed by atoms with Crippen molar-refractivity contribution in [1.82, 2.24) is 14.8 Å². The van der Waals surface area contributed by atoms with Crippen LogP contribution in [0.25, 0.3) is 11.4 Å². The number of allylic oxidation sites excluding steroid dienone is 1. The molecule has 2 heterocycles. The lowest BCUT2D eigenvalue weighted by molar-refractivity contribution is -0.113. The number of aryl methyl sites for hydroxylation is 1. The Balaban J connectivity index is 1.47. The fourth-order valence-corrected chi connectivity index (χ4v) is 6.05. The smallest absolute Gasteiger partial charge is 0.235 e. The molecule has 0 atom stereocenters. The van der Waals surface area contributed by atoms with Gasteiger partial charge < -0.3 is 5.32 Å². The third-order valence-corrected chi connectivity index (χ3v) is 7.93. The molecule has 1 amide bonds. The molecule has 6 nitrogen and oxygen atoms in total. The number of thiophene rings is 1. The predicted molar refractivity (Wildman–Crippen MR) is 135 cm³/mol. The molecule has 0 unspecified atom stereocenters. The first-order valence-corrected chi connectivity index (χ1v) is 13.1. The van der Waals surface area contributed by atoms with Crippen molar-refractivity contribution in [3.63, 3.8) is 0 Å². The molecular formula is C24H24ClN5OS2. The summed E-state index contributed by atoms with van der Waals surface area (Å²) in [5.41, 5.74) is 2.65. The van der Waals surface area contributed by atoms with Crippen LogP contribution in [0.4, 0.5) is 5.00 Å². The second kappa shape index (κ2) is 11.0. The number of anilines is 1. The maximum Gasteiger partial charge on any atom is 0.235 e. The fourth-order valence-electron chi connectivity index (χ4n) is 3.92. The van der Waals surface area contributed by atoms with Gasteiger partial charge in [0.1, 0.15) is 11.1 Å². The van der Waals surface area contributed by atoms with E-state index in [0.29, 0.717) is 33.1 Å². The highest BCUT2D eigenvalue weighted by Gasteiger charge is 2.21. The Morgan fingerprint density at radius 3 is 2.73 bits per heavy atom. The van der Waals surface area contributed by atoms with E-state index >= 15 is 0 Å². The summed E-state index contributed by atoms with van der Waals surface area (Å²) in [4.78, 5) is 14.0. The average Bonchev–Trinajstić information content (AvgIpc) is 3.33. The van der Waals surface area contributed by atoms with Gasteiger partial charge in [-0.3, -0.25) is 9.36 Å². The molecule has 2 aromatic heterocycles. The van der Waals surface area contributed by atoms with Crippen LogP contribution in [0.3, 0.4) is 0 Å². The molecule has 1 aliphatic rings. The molecule has 0 spiro atoms. The number of fused-ring (bicyclic) bond motifs is 1. The van der Waals surface area contributed by atoms with Crippen molar-refractivity contribution in [3.8, 4) is 17.5 Å². The Hall–Kier alpha value is -2.60. The first-order chi connectivity index (χ1) is 16.1. The number of nitriles is 1. The van der Waals surface area contributed by atoms with E-state index in [9.17, 15) is 10.1 Å². The van der Waals surface area contributed by atoms with Crippen LogP contribution in [-0.2, 0) is 24.2 Å². The second-order valence-electron chi connectivity index (χ2n) is 7.78. The lowest BCUT2D eigenvalue weighted by Gasteiger charge is -2.09. The van der Waals surface area contributed by atoms with Gasteiger partial charge in [-0.1, -0.05) is 42.3 Å². The van der Waals surface area contributed by atoms with Crippen LogP contribution in [0.5, 0.6) is 0 Å². The number of nitrogens with zero attached hydrogens (tertiary/aromatic N) is 4. The van der Waals surface area contributed by atoms with Crippen molar-refractivity contribution in [2.75, 3.05) is 11.1 Å². The summed E-state index contributed by atoms with van der Waals surface area (Å²) in [7, 11) is 0. The van der Waals surface area contributed by atoms with Crippen molar-refractivity contribution < 1.29 is 4.79 Å². The molecule has 3 aromatic rings. The van der Waals surface area contributed by atoms with Gasteiger partial charge in [-0.15, -0.1) is 28.1 Å². The highest BCUT2D eigenvalue weighted by Crippen LogP contribution is 2.36. The SMILES string of the molecule is C=CCn1c(SCC(=O)Nc2sc3c(c2C#N)CCCCCC3)nnc1-c1ccc(Cl)cc1. The van der Waals surface area contributed by atoms with Crippen LogP contribution >= 0.6 is 34.7 Å². The number of halogens is 1. The summed E-state index contributed by atoms with van der Waals surface area (Å²) in [6, 6.07) is 9.72. The Morgan fingerprint density at radius 1 is 1.24 bits per heavy atom. The fraction of sp³-hybridized carbons (Fsp3) is 0.333. The van der Waals surface area contributed by atoms with Crippen molar-refractivity contribution in [1.29, 1.82) is 5.26 Å². The standard InChI is InChI=1S/C24H24ClN5OS2/c1-2-13-30-22(16-9-11-17(25)12-10-16)28-29-24(30)32-15-21(31)27-23-19(14-26)18-7-5-3-4-6-8-20(18)33-23/h2,9-12H,1,3-8,13,15H2,(H,27,31). The normalized spacial score (nSPS) is 13.5. The monoisotopic (exact) mass is 497 g/mol. The summed E-state index contributed by atoms with van der Waals surface area (Å²) in [5.74, 6) is 0.704. The molecule has 170 valence electrons. The van der Waals surface area contributed by atoms with E-state index in [1.165, 1.54) is 29.5 Å². The van der Waals surface area contributed by atoms with Gasteiger partial charge in [0.15, 0.2) is 11.0 Å². The summed E-state index contributed by atoms with van der Waals surface area (Å²) in [5, 5.41) is 23.3. The largest absolute Gasteiger partial charge is 0.316 e. The van der Waals surface area contributed by atoms with Gasteiger partial charge in [0.25, 0.3) is 0 Å². The van der Waals surface area contributed by atoms with E-state index in [2.05, 4.69) is 28.2 Å². The van der Waals surface area contributed by atoms with Gasteiger partial charge >= 0.3 is 0 Å². The zero-order valence-corrected chi connectivity index (χ0v) is 20.5. The maximum absolute atomic E-state index is 12.8. The first-order valence-electron chi connectivity index (χ1n) is 10.9. The van der Waals surface area contributed by atoms with Gasteiger partial charge in [-0.2, -0.15) is 5.26 Å². The molecule has 9 heteroatoms. The van der Waals surface area contributed by atoms with Crippen molar-refractivity contribution >= 4 is 45.6 Å². The van der Waals surface area contributed by atoms with E-state index in [1.807, 2.05) is 16.7 Å². The van der Waals surface area contributed by atoms with Gasteiger partial charge in [0, 0.05) is 22.0 Å². The van der Waals surface area contributed by atoms with Crippen LogP contribution in [-0.4, -0.2) is 26.4 Å². The number of hydrogen-bond acceptors (Lipinski definition) is 6. The number of carbonyl (C=O) groups is 1. The van der Waals surface area contributed by atoms with Gasteiger partial charge in [-0.05, 0) is 55.5 Å². The van der Waals surface area contributed by atoms with Gasteiger partial charge in [0.2, 0.25) is 5.91 Å². The molecule has 0 fully saturated rings. The highest BCUT2D eigenvalue weighted by atomic mass is 35.5. The van der Waals surface area contributed by atoms with Crippen molar-refractivity contribution in [3.05, 3.63) is 57.9 Å². The van der Waals surface area contributed by atoms with E-state index in [-0.39, 0.29) is 11.7 Å². The number of rotatable bonds is 7. The Labute approximate surface area is 206 Å². The summed E-state index contributed by atoms with van der Waals surface area (Å²) in [6.07, 6.45) is 8.32. The van der Waals surface area contributed by atoms with E-state index in [1.54, 1.807) is 29.5 Å². The molecule has 1 aliphatic carbocycles. The third-order valence-electron chi connectivity index (χ3n) is 5.50. The number of nitrogens with one attached hydrogen (secondary N) is 1. The van der Waals surface area contributed by atoms with Crippen molar-refractivity contribution in [2.24, 2.45) is 0 Å². The lowest BCUT2D eigenvalue weighted by atomic mass is 9.97. The molecule has 0 saturated heterocycles. The van der Waals surface area contributed by atoms with E-state index < -0.39 is 0 Å². The number of amides is 1. The minimum absolute atomic E-state index is 0.160. The van der Waals surface area contributed by atoms with E-state index in [4.69, 9.17) is 11.6 Å². The topological polar surface area (TPSA) is 83.6 Å². The zero-order valence-electron chi connectivity index (χ0n) is 18.1. The first kappa shape index (κ1) is 23.6. The molecular weight excluding hydrogens is 474 g/mol. The Bertz CT molecular complexity index is 1190. The molecule has 0 bridgehead atoms. The van der Waals surface area contributed by atoms with Gasteiger partial charge in [0.05, 0.1) is 11.3 Å². The summed E-state index contributed by atoms with van der Waals surface area (Å²) >= 11 is 8.87. The lowest BCUT2D eigenvalue weighted by Crippen LogP contribution is -2.14. The quantitative estimate of drug-likeness (QED) is 0.314. The number of carbonyl (C=O) groups excluding carboxylic acids is 1. The van der Waals surface area contributed by atoms with Crippen LogP contribution in [0.15, 0.2) is 42.1 Å². The molecule has 1 aromatic carbocycles. The Kier molecular flexibility index (Phi) is 7.86. The molecule has 0 radical (unpaired) electrons. The number of thioether (sulfide) groups is 1. The van der Waals surface area contributed by atoms with Crippen LogP contribution in [0.2, 0.25) is 5.02 Å². The minimum atomic E-state index is -0.160. The number of hydrogen-bond donors (Lipinski definition) is 1. The molecule has 4 rings (SSSR count). The minimum Gasteiger partial charge on any atom is -0.316 e. The summed E-state index contributed by atoms with van der Waals surface area (Å²) in [6.45, 7) is 4.34. The summed E-state index contributed by atoms with van der Waals surface area (Å²) < 4.78 is 1.92. The van der Waals surface area contributed by atoms with Gasteiger partial charge in [-0.25, -0.2) is 0 Å². The molecule has 1 N–H and O–H groups in total. The van der Waals surface area contributed by atoms with Crippen LogP contribution in [0, 0.1) is 11.3 Å². The molecule has 33 heavy (non-hydrogen) atoms. The maximum atomic E-state index is 12.8. The van der Waals surface area contributed by atoms with Crippen LogP contribution in [0.1, 0.15) is 41.7 Å². The van der Waals surface area contributed by atoms with Crippen LogP contribution < -0.4 is 5.32 Å². The second-order valence-corrected chi connectivity index (χ2v) is 10.3. The highest BCUT2D eigenvalue weighted by molar-refractivity contribution is 7.99. The third kappa shape index (κ3) is 5.49.